The SMILES string of the molecule is Cn1cccc1C(=O)NC(CC(=O)O)C1CC1. The van der Waals surface area contributed by atoms with Gasteiger partial charge in [0.25, 0.3) is 5.91 Å². The first-order valence-electron chi connectivity index (χ1n) is 5.72. The molecule has 0 spiro atoms. The summed E-state index contributed by atoms with van der Waals surface area (Å²) in [6.07, 6.45) is 3.80. The number of hydrogen-bond acceptors (Lipinski definition) is 2. The van der Waals surface area contributed by atoms with Crippen molar-refractivity contribution in [1.82, 2.24) is 9.88 Å². The fraction of sp³-hybridized carbons (Fsp3) is 0.500. The van der Waals surface area contributed by atoms with Crippen molar-refractivity contribution >= 4 is 11.9 Å². The van der Waals surface area contributed by atoms with Crippen LogP contribution in [0.1, 0.15) is 29.8 Å². The number of carboxylic acids is 1. The van der Waals surface area contributed by atoms with E-state index < -0.39 is 5.97 Å². The number of aryl methyl sites for hydroxylation is 1. The molecule has 1 atom stereocenters. The highest BCUT2D eigenvalue weighted by molar-refractivity contribution is 5.93. The molecule has 2 rings (SSSR count). The molecule has 1 saturated carbocycles. The van der Waals surface area contributed by atoms with Crippen molar-refractivity contribution in [1.29, 1.82) is 0 Å². The van der Waals surface area contributed by atoms with Gasteiger partial charge in [-0.1, -0.05) is 0 Å². The van der Waals surface area contributed by atoms with Gasteiger partial charge < -0.3 is 15.0 Å². The number of aromatic nitrogens is 1. The molecule has 0 bridgehead atoms. The van der Waals surface area contributed by atoms with Gasteiger partial charge >= 0.3 is 5.97 Å². The molecule has 1 aliphatic carbocycles. The Hall–Kier alpha value is -1.78. The largest absolute Gasteiger partial charge is 0.481 e. The second-order valence-corrected chi connectivity index (χ2v) is 4.52. The molecule has 2 N–H and O–H groups in total. The lowest BCUT2D eigenvalue weighted by Gasteiger charge is -2.16. The van der Waals surface area contributed by atoms with Gasteiger partial charge in [-0.3, -0.25) is 9.59 Å². The molecule has 1 fully saturated rings. The molecule has 92 valence electrons. The van der Waals surface area contributed by atoms with Crippen molar-refractivity contribution < 1.29 is 14.7 Å². The smallest absolute Gasteiger partial charge is 0.305 e. The average molecular weight is 236 g/mol. The summed E-state index contributed by atoms with van der Waals surface area (Å²) in [4.78, 5) is 22.6. The Balaban J connectivity index is 2.00. The lowest BCUT2D eigenvalue weighted by molar-refractivity contribution is -0.137. The van der Waals surface area contributed by atoms with Crippen LogP contribution < -0.4 is 5.32 Å². The predicted octanol–water partition coefficient (Wildman–Crippen LogP) is 1.01. The molecule has 0 saturated heterocycles. The van der Waals surface area contributed by atoms with Gasteiger partial charge in [0.2, 0.25) is 0 Å². The summed E-state index contributed by atoms with van der Waals surface area (Å²) < 4.78 is 1.72. The number of aliphatic carboxylic acids is 1. The van der Waals surface area contributed by atoms with Crippen LogP contribution in [-0.4, -0.2) is 27.6 Å². The molecule has 17 heavy (non-hydrogen) atoms. The average Bonchev–Trinajstić information content (AvgIpc) is 3.00. The molecule has 1 heterocycles. The van der Waals surface area contributed by atoms with E-state index in [-0.39, 0.29) is 18.4 Å². The second-order valence-electron chi connectivity index (χ2n) is 4.52. The molecular weight excluding hydrogens is 220 g/mol. The first-order valence-corrected chi connectivity index (χ1v) is 5.72. The normalized spacial score (nSPS) is 16.5. The Morgan fingerprint density at radius 2 is 2.29 bits per heavy atom. The van der Waals surface area contributed by atoms with Gasteiger partial charge in [0.05, 0.1) is 6.42 Å². The number of rotatable bonds is 5. The molecule has 1 aliphatic rings. The minimum Gasteiger partial charge on any atom is -0.481 e. The van der Waals surface area contributed by atoms with Crippen LogP contribution in [-0.2, 0) is 11.8 Å². The van der Waals surface area contributed by atoms with Gasteiger partial charge in [0, 0.05) is 19.3 Å². The molecule has 0 radical (unpaired) electrons. The monoisotopic (exact) mass is 236 g/mol. The molecule has 0 aliphatic heterocycles. The van der Waals surface area contributed by atoms with Crippen molar-refractivity contribution in [3.63, 3.8) is 0 Å². The Morgan fingerprint density at radius 3 is 2.76 bits per heavy atom. The minimum absolute atomic E-state index is 0.000823. The molecule has 1 aromatic rings. The first kappa shape index (κ1) is 11.7. The number of carbonyl (C=O) groups excluding carboxylic acids is 1. The zero-order chi connectivity index (χ0) is 12.4. The van der Waals surface area contributed by atoms with Crippen LogP contribution in [0.15, 0.2) is 18.3 Å². The Kier molecular flexibility index (Phi) is 3.17. The zero-order valence-electron chi connectivity index (χ0n) is 9.72. The van der Waals surface area contributed by atoms with Crippen LogP contribution >= 0.6 is 0 Å². The van der Waals surface area contributed by atoms with E-state index in [9.17, 15) is 9.59 Å². The number of nitrogens with one attached hydrogen (secondary N) is 1. The van der Waals surface area contributed by atoms with Crippen molar-refractivity contribution in [3.8, 4) is 0 Å². The summed E-state index contributed by atoms with van der Waals surface area (Å²) >= 11 is 0. The summed E-state index contributed by atoms with van der Waals surface area (Å²) in [5.74, 6) is -0.736. The fourth-order valence-corrected chi connectivity index (χ4v) is 1.96. The van der Waals surface area contributed by atoms with E-state index >= 15 is 0 Å². The molecule has 5 nitrogen and oxygen atoms in total. The number of carbonyl (C=O) groups is 2. The van der Waals surface area contributed by atoms with E-state index in [4.69, 9.17) is 5.11 Å². The van der Waals surface area contributed by atoms with Crippen LogP contribution in [0.4, 0.5) is 0 Å². The van der Waals surface area contributed by atoms with Gasteiger partial charge in [0.1, 0.15) is 5.69 Å². The van der Waals surface area contributed by atoms with E-state index in [1.807, 2.05) is 0 Å². The maximum Gasteiger partial charge on any atom is 0.305 e. The van der Waals surface area contributed by atoms with Crippen LogP contribution in [0.2, 0.25) is 0 Å². The maximum absolute atomic E-state index is 11.9. The predicted molar refractivity (Wildman–Crippen MR) is 61.6 cm³/mol. The van der Waals surface area contributed by atoms with E-state index in [1.54, 1.807) is 29.9 Å². The zero-order valence-corrected chi connectivity index (χ0v) is 9.72. The van der Waals surface area contributed by atoms with Crippen LogP contribution in [0, 0.1) is 5.92 Å². The third kappa shape index (κ3) is 2.87. The van der Waals surface area contributed by atoms with Gasteiger partial charge in [-0.05, 0) is 30.9 Å². The lowest BCUT2D eigenvalue weighted by Crippen LogP contribution is -2.38. The first-order chi connectivity index (χ1) is 8.08. The molecule has 1 aromatic heterocycles. The Labute approximate surface area is 99.4 Å². The summed E-state index contributed by atoms with van der Waals surface area (Å²) in [5, 5.41) is 11.6. The number of nitrogens with zero attached hydrogens (tertiary/aromatic N) is 1. The van der Waals surface area contributed by atoms with E-state index in [2.05, 4.69) is 5.32 Å². The minimum atomic E-state index is -0.867. The van der Waals surface area contributed by atoms with Gasteiger partial charge in [-0.25, -0.2) is 0 Å². The van der Waals surface area contributed by atoms with Crippen molar-refractivity contribution in [3.05, 3.63) is 24.0 Å². The topological polar surface area (TPSA) is 71.3 Å². The van der Waals surface area contributed by atoms with Crippen molar-refractivity contribution in [2.75, 3.05) is 0 Å². The highest BCUT2D eigenvalue weighted by atomic mass is 16.4. The standard InChI is InChI=1S/C12H16N2O3/c1-14-6-2-3-10(14)12(17)13-9(7-11(15)16)8-4-5-8/h2-3,6,8-9H,4-5,7H2,1H3,(H,13,17)(H,15,16). The summed E-state index contributed by atoms with van der Waals surface area (Å²) in [7, 11) is 1.79. The second kappa shape index (κ2) is 4.61. The molecular formula is C12H16N2O3. The Bertz CT molecular complexity index is 435. The highest BCUT2D eigenvalue weighted by Crippen LogP contribution is 2.34. The van der Waals surface area contributed by atoms with Crippen LogP contribution in [0.25, 0.3) is 0 Å². The molecule has 5 heteroatoms. The van der Waals surface area contributed by atoms with Crippen LogP contribution in [0.5, 0.6) is 0 Å². The third-order valence-corrected chi connectivity index (χ3v) is 3.08. The van der Waals surface area contributed by atoms with Crippen molar-refractivity contribution in [2.24, 2.45) is 13.0 Å². The summed E-state index contributed by atoms with van der Waals surface area (Å²) in [6, 6.07) is 3.27. The quantitative estimate of drug-likeness (QED) is 0.801. The van der Waals surface area contributed by atoms with E-state index in [0.717, 1.165) is 12.8 Å². The van der Waals surface area contributed by atoms with E-state index in [1.165, 1.54) is 0 Å². The lowest BCUT2D eigenvalue weighted by atomic mass is 10.1. The van der Waals surface area contributed by atoms with Gasteiger partial charge in [-0.15, -0.1) is 0 Å². The fourth-order valence-electron chi connectivity index (χ4n) is 1.96. The maximum atomic E-state index is 11.9. The summed E-state index contributed by atoms with van der Waals surface area (Å²) in [6.45, 7) is 0. The number of hydrogen-bond donors (Lipinski definition) is 2. The Morgan fingerprint density at radius 1 is 1.59 bits per heavy atom. The molecule has 0 aromatic carbocycles. The van der Waals surface area contributed by atoms with Crippen molar-refractivity contribution in [2.45, 2.75) is 25.3 Å². The molecule has 1 amide bonds. The van der Waals surface area contributed by atoms with Gasteiger partial charge in [0.15, 0.2) is 0 Å². The van der Waals surface area contributed by atoms with E-state index in [0.29, 0.717) is 11.6 Å². The highest BCUT2D eigenvalue weighted by Gasteiger charge is 2.34. The summed E-state index contributed by atoms with van der Waals surface area (Å²) in [5.41, 5.74) is 0.557. The number of amides is 1. The van der Waals surface area contributed by atoms with Gasteiger partial charge in [-0.2, -0.15) is 0 Å². The van der Waals surface area contributed by atoms with Crippen LogP contribution in [0.3, 0.4) is 0 Å². The number of carboxylic acid groups (broad SMARTS) is 1. The molecule has 1 unspecified atom stereocenters. The third-order valence-electron chi connectivity index (χ3n) is 3.08.